The first kappa shape index (κ1) is 17.9. The molecule has 0 spiro atoms. The number of ether oxygens (including phenoxy) is 1. The molecule has 2 N–H and O–H groups in total. The first-order chi connectivity index (χ1) is 13.8. The van der Waals surface area contributed by atoms with E-state index in [9.17, 15) is 4.79 Å². The maximum atomic E-state index is 12.2. The van der Waals surface area contributed by atoms with Gasteiger partial charge >= 0.3 is 6.03 Å². The molecular formula is C18H20N8O2. The Balaban J connectivity index is 1.31. The third-order valence-corrected chi connectivity index (χ3v) is 4.26. The summed E-state index contributed by atoms with van der Waals surface area (Å²) in [5, 5.41) is 9.61. The lowest BCUT2D eigenvalue weighted by Crippen LogP contribution is -2.36. The average molecular weight is 380 g/mol. The number of morpholine rings is 1. The number of carbonyl (C=O) groups excluding carboxylic acids is 1. The van der Waals surface area contributed by atoms with Gasteiger partial charge in [-0.05, 0) is 29.8 Å². The molecule has 4 rings (SSSR count). The van der Waals surface area contributed by atoms with Crippen LogP contribution < -0.4 is 15.5 Å². The van der Waals surface area contributed by atoms with Crippen LogP contribution in [0.3, 0.4) is 0 Å². The summed E-state index contributed by atoms with van der Waals surface area (Å²) < 4.78 is 6.91. The van der Waals surface area contributed by atoms with Crippen LogP contribution in [-0.2, 0) is 11.3 Å². The molecule has 144 valence electrons. The molecule has 10 heteroatoms. The van der Waals surface area contributed by atoms with Crippen LogP contribution >= 0.6 is 0 Å². The van der Waals surface area contributed by atoms with Crippen molar-refractivity contribution in [3.05, 3.63) is 54.9 Å². The Hall–Kier alpha value is -3.53. The molecule has 0 bridgehead atoms. The minimum absolute atomic E-state index is 0.306. The van der Waals surface area contributed by atoms with E-state index in [0.29, 0.717) is 31.3 Å². The van der Waals surface area contributed by atoms with E-state index >= 15 is 0 Å². The van der Waals surface area contributed by atoms with Gasteiger partial charge in [0.1, 0.15) is 18.5 Å². The molecule has 3 aromatic rings. The lowest BCUT2D eigenvalue weighted by molar-refractivity contribution is 0.122. The van der Waals surface area contributed by atoms with Gasteiger partial charge in [0.15, 0.2) is 5.82 Å². The van der Waals surface area contributed by atoms with E-state index in [4.69, 9.17) is 4.74 Å². The predicted octanol–water partition coefficient (Wildman–Crippen LogP) is 1.22. The summed E-state index contributed by atoms with van der Waals surface area (Å²) >= 11 is 0. The van der Waals surface area contributed by atoms with Crippen molar-refractivity contribution in [2.24, 2.45) is 0 Å². The van der Waals surface area contributed by atoms with Crippen molar-refractivity contribution in [3.8, 4) is 5.82 Å². The Kier molecular flexibility index (Phi) is 5.38. The molecule has 0 unspecified atom stereocenters. The summed E-state index contributed by atoms with van der Waals surface area (Å²) in [4.78, 5) is 26.9. The van der Waals surface area contributed by atoms with Crippen molar-refractivity contribution in [3.63, 3.8) is 0 Å². The minimum Gasteiger partial charge on any atom is -0.378 e. The van der Waals surface area contributed by atoms with Gasteiger partial charge in [-0.25, -0.2) is 24.4 Å². The summed E-state index contributed by atoms with van der Waals surface area (Å²) in [6.45, 7) is 3.45. The minimum atomic E-state index is -0.306. The normalized spacial score (nSPS) is 13.9. The first-order valence-electron chi connectivity index (χ1n) is 8.91. The van der Waals surface area contributed by atoms with E-state index < -0.39 is 0 Å². The molecule has 1 aliphatic rings. The molecule has 1 saturated heterocycles. The van der Waals surface area contributed by atoms with E-state index in [0.717, 1.165) is 24.5 Å². The van der Waals surface area contributed by atoms with E-state index in [1.165, 1.54) is 6.33 Å². The van der Waals surface area contributed by atoms with Crippen LogP contribution in [0.25, 0.3) is 5.82 Å². The zero-order valence-corrected chi connectivity index (χ0v) is 15.2. The van der Waals surface area contributed by atoms with Gasteiger partial charge in [0.25, 0.3) is 0 Å². The summed E-state index contributed by atoms with van der Waals surface area (Å²) in [7, 11) is 0. The van der Waals surface area contributed by atoms with Gasteiger partial charge in [0, 0.05) is 25.8 Å². The van der Waals surface area contributed by atoms with Crippen LogP contribution in [0, 0.1) is 0 Å². The SMILES string of the molecule is O=C(NCc1ccnc(N2CCOCC2)c1)Nc1ccc(-n2cncn2)nc1. The topological polar surface area (TPSA) is 110 Å². The Labute approximate surface area is 161 Å². The quantitative estimate of drug-likeness (QED) is 0.685. The van der Waals surface area contributed by atoms with Crippen LogP contribution in [0.2, 0.25) is 0 Å². The number of nitrogens with zero attached hydrogens (tertiary/aromatic N) is 6. The van der Waals surface area contributed by atoms with E-state index in [1.807, 2.05) is 12.1 Å². The van der Waals surface area contributed by atoms with Gasteiger partial charge in [-0.1, -0.05) is 0 Å². The smallest absolute Gasteiger partial charge is 0.319 e. The second kappa shape index (κ2) is 8.44. The average Bonchev–Trinajstić information content (AvgIpc) is 3.29. The maximum Gasteiger partial charge on any atom is 0.319 e. The fraction of sp³-hybridized carbons (Fsp3) is 0.278. The van der Waals surface area contributed by atoms with E-state index in [2.05, 4.69) is 35.6 Å². The predicted molar refractivity (Wildman–Crippen MR) is 102 cm³/mol. The molecular weight excluding hydrogens is 360 g/mol. The van der Waals surface area contributed by atoms with E-state index in [-0.39, 0.29) is 6.03 Å². The van der Waals surface area contributed by atoms with Gasteiger partial charge in [-0.3, -0.25) is 0 Å². The number of amides is 2. The van der Waals surface area contributed by atoms with Crippen molar-refractivity contribution in [2.45, 2.75) is 6.54 Å². The van der Waals surface area contributed by atoms with Gasteiger partial charge in [-0.2, -0.15) is 5.10 Å². The maximum absolute atomic E-state index is 12.2. The Morgan fingerprint density at radius 3 is 2.79 bits per heavy atom. The molecule has 0 atom stereocenters. The number of pyridine rings is 2. The number of aromatic nitrogens is 5. The summed E-state index contributed by atoms with van der Waals surface area (Å²) in [5.41, 5.74) is 1.57. The second-order valence-electron chi connectivity index (χ2n) is 6.17. The molecule has 0 saturated carbocycles. The van der Waals surface area contributed by atoms with Crippen molar-refractivity contribution in [2.75, 3.05) is 36.5 Å². The van der Waals surface area contributed by atoms with Crippen LogP contribution in [0.1, 0.15) is 5.56 Å². The third-order valence-electron chi connectivity index (χ3n) is 4.26. The van der Waals surface area contributed by atoms with Gasteiger partial charge in [0.2, 0.25) is 0 Å². The number of hydrogen-bond donors (Lipinski definition) is 2. The zero-order chi connectivity index (χ0) is 19.2. The molecule has 1 aliphatic heterocycles. The number of urea groups is 1. The summed E-state index contributed by atoms with van der Waals surface area (Å²) in [6, 6.07) is 7.08. The lowest BCUT2D eigenvalue weighted by atomic mass is 10.2. The first-order valence-corrected chi connectivity index (χ1v) is 8.91. The summed E-state index contributed by atoms with van der Waals surface area (Å²) in [6.07, 6.45) is 6.32. The van der Waals surface area contributed by atoms with Crippen LogP contribution in [0.4, 0.5) is 16.3 Å². The fourth-order valence-electron chi connectivity index (χ4n) is 2.82. The van der Waals surface area contributed by atoms with Crippen LogP contribution in [-0.4, -0.2) is 57.1 Å². The zero-order valence-electron chi connectivity index (χ0n) is 15.2. The molecule has 0 aliphatic carbocycles. The Morgan fingerprint density at radius 1 is 1.14 bits per heavy atom. The molecule has 0 radical (unpaired) electrons. The molecule has 1 fully saturated rings. The van der Waals surface area contributed by atoms with Crippen molar-refractivity contribution < 1.29 is 9.53 Å². The van der Waals surface area contributed by atoms with E-state index in [1.54, 1.807) is 35.5 Å². The highest BCUT2D eigenvalue weighted by Gasteiger charge is 2.12. The molecule has 0 aromatic carbocycles. The van der Waals surface area contributed by atoms with Crippen molar-refractivity contribution >= 4 is 17.5 Å². The van der Waals surface area contributed by atoms with Crippen LogP contribution in [0.5, 0.6) is 0 Å². The number of rotatable bonds is 5. The number of carbonyl (C=O) groups is 1. The Bertz CT molecular complexity index is 908. The highest BCUT2D eigenvalue weighted by Crippen LogP contribution is 2.14. The van der Waals surface area contributed by atoms with Crippen molar-refractivity contribution in [1.82, 2.24) is 30.0 Å². The van der Waals surface area contributed by atoms with Gasteiger partial charge in [0.05, 0.1) is 25.1 Å². The lowest BCUT2D eigenvalue weighted by Gasteiger charge is -2.28. The molecule has 2 amide bonds. The van der Waals surface area contributed by atoms with Gasteiger partial charge in [-0.15, -0.1) is 0 Å². The largest absolute Gasteiger partial charge is 0.378 e. The van der Waals surface area contributed by atoms with Crippen molar-refractivity contribution in [1.29, 1.82) is 0 Å². The number of hydrogen-bond acceptors (Lipinski definition) is 7. The monoisotopic (exact) mass is 380 g/mol. The third kappa shape index (κ3) is 4.41. The standard InChI is InChI=1S/C18H20N8O2/c27-18(24-15-1-2-16(21-11-15)26-13-19-12-23-26)22-10-14-3-4-20-17(9-14)25-5-7-28-8-6-25/h1-4,9,11-13H,5-8,10H2,(H2,22,24,27). The summed E-state index contributed by atoms with van der Waals surface area (Å²) in [5.74, 6) is 1.52. The second-order valence-corrected chi connectivity index (χ2v) is 6.17. The fourth-order valence-corrected chi connectivity index (χ4v) is 2.82. The van der Waals surface area contributed by atoms with Gasteiger partial charge < -0.3 is 20.3 Å². The molecule has 4 heterocycles. The highest BCUT2D eigenvalue weighted by molar-refractivity contribution is 5.89. The number of nitrogens with one attached hydrogen (secondary N) is 2. The molecule has 28 heavy (non-hydrogen) atoms. The number of anilines is 2. The molecule has 10 nitrogen and oxygen atoms in total. The molecule has 3 aromatic heterocycles. The van der Waals surface area contributed by atoms with Crippen LogP contribution in [0.15, 0.2) is 49.3 Å². The Morgan fingerprint density at radius 2 is 2.04 bits per heavy atom. The highest BCUT2D eigenvalue weighted by atomic mass is 16.5.